The summed E-state index contributed by atoms with van der Waals surface area (Å²) in [6.07, 6.45) is 5.47. The van der Waals surface area contributed by atoms with E-state index in [4.69, 9.17) is 0 Å². The fourth-order valence-corrected chi connectivity index (χ4v) is 3.00. The maximum atomic E-state index is 11.4. The van der Waals surface area contributed by atoms with Crippen molar-refractivity contribution in [1.29, 1.82) is 0 Å². The van der Waals surface area contributed by atoms with Crippen LogP contribution < -0.4 is 5.32 Å². The Morgan fingerprint density at radius 1 is 1.08 bits per heavy atom. The van der Waals surface area contributed by atoms with Gasteiger partial charge in [-0.15, -0.1) is 0 Å². The molecule has 0 fully saturated rings. The number of carbonyl (C=O) groups is 1. The van der Waals surface area contributed by atoms with Crippen molar-refractivity contribution in [2.45, 2.75) is 19.0 Å². The Kier molecular flexibility index (Phi) is 4.12. The molecule has 4 rings (SSSR count). The minimum absolute atomic E-state index is 0.421. The molecule has 124 valence electrons. The first-order valence-corrected chi connectivity index (χ1v) is 8.28. The summed E-state index contributed by atoms with van der Waals surface area (Å²) in [6.45, 7) is 0.749. The molecule has 5 nitrogen and oxygen atoms in total. The largest absolute Gasteiger partial charge is 0.344 e. The van der Waals surface area contributed by atoms with Crippen molar-refractivity contribution < 1.29 is 4.79 Å². The van der Waals surface area contributed by atoms with Crippen molar-refractivity contribution >= 4 is 17.8 Å². The van der Waals surface area contributed by atoms with Crippen LogP contribution in [0.2, 0.25) is 0 Å². The molecule has 1 aliphatic rings. The minimum atomic E-state index is -0.421. The van der Waals surface area contributed by atoms with Gasteiger partial charge < -0.3 is 14.7 Å². The predicted molar refractivity (Wildman–Crippen MR) is 98.6 cm³/mol. The van der Waals surface area contributed by atoms with E-state index >= 15 is 0 Å². The van der Waals surface area contributed by atoms with Crippen molar-refractivity contribution in [3.8, 4) is 11.3 Å². The van der Waals surface area contributed by atoms with Crippen LogP contribution >= 0.6 is 0 Å². The summed E-state index contributed by atoms with van der Waals surface area (Å²) in [5.41, 5.74) is 3.94. The molecule has 0 amide bonds. The lowest BCUT2D eigenvalue weighted by Gasteiger charge is -2.22. The number of nitrogens with one attached hydrogen (secondary N) is 1. The lowest BCUT2D eigenvalue weighted by Crippen LogP contribution is -2.22. The van der Waals surface area contributed by atoms with Gasteiger partial charge in [-0.25, -0.2) is 4.98 Å². The Bertz CT molecular complexity index is 914. The second-order valence-corrected chi connectivity index (χ2v) is 5.98. The molecule has 1 unspecified atom stereocenters. The van der Waals surface area contributed by atoms with Crippen LogP contribution in [0.3, 0.4) is 0 Å². The van der Waals surface area contributed by atoms with Gasteiger partial charge in [-0.2, -0.15) is 0 Å². The van der Waals surface area contributed by atoms with Gasteiger partial charge in [0.1, 0.15) is 18.2 Å². The number of aromatic nitrogens is 2. The van der Waals surface area contributed by atoms with Crippen LogP contribution in [-0.4, -0.2) is 21.7 Å². The summed E-state index contributed by atoms with van der Waals surface area (Å²) in [4.78, 5) is 20.3. The van der Waals surface area contributed by atoms with E-state index < -0.39 is 6.04 Å². The van der Waals surface area contributed by atoms with Gasteiger partial charge >= 0.3 is 0 Å². The van der Waals surface area contributed by atoms with Gasteiger partial charge in [0.05, 0.1) is 12.0 Å². The van der Waals surface area contributed by atoms with E-state index in [0.717, 1.165) is 41.2 Å². The van der Waals surface area contributed by atoms with E-state index in [1.165, 1.54) is 0 Å². The number of hydrogen-bond acceptors (Lipinski definition) is 4. The average molecular weight is 330 g/mol. The number of carbonyl (C=O) groups excluding carboxylic acids is 1. The molecule has 2 aromatic carbocycles. The molecule has 5 heteroatoms. The topological polar surface area (TPSA) is 59.3 Å². The summed E-state index contributed by atoms with van der Waals surface area (Å²) in [5.74, 6) is 0.825. The third-order valence-electron chi connectivity index (χ3n) is 4.29. The second-order valence-electron chi connectivity index (χ2n) is 5.98. The molecule has 1 aromatic heterocycles. The molecule has 1 aliphatic heterocycles. The molecular weight excluding hydrogens is 312 g/mol. The van der Waals surface area contributed by atoms with Crippen LogP contribution in [0.4, 0.5) is 5.69 Å². The van der Waals surface area contributed by atoms with E-state index in [0.29, 0.717) is 6.42 Å². The summed E-state index contributed by atoms with van der Waals surface area (Å²) in [7, 11) is 0. The molecule has 1 N–H and O–H groups in total. The Morgan fingerprint density at radius 2 is 1.88 bits per heavy atom. The zero-order chi connectivity index (χ0) is 17.1. The van der Waals surface area contributed by atoms with Crippen LogP contribution in [0.15, 0.2) is 72.1 Å². The molecule has 3 aromatic rings. The van der Waals surface area contributed by atoms with Gasteiger partial charge in [-0.3, -0.25) is 4.99 Å². The van der Waals surface area contributed by atoms with Gasteiger partial charge in [0.2, 0.25) is 0 Å². The number of aldehydes is 1. The second kappa shape index (κ2) is 6.73. The lowest BCUT2D eigenvalue weighted by molar-refractivity contribution is -0.108. The van der Waals surface area contributed by atoms with E-state index in [9.17, 15) is 4.79 Å². The van der Waals surface area contributed by atoms with Crippen LogP contribution in [0.5, 0.6) is 0 Å². The first-order chi connectivity index (χ1) is 12.3. The summed E-state index contributed by atoms with van der Waals surface area (Å²) in [5, 5.41) is 3.33. The van der Waals surface area contributed by atoms with Crippen LogP contribution in [0.25, 0.3) is 11.3 Å². The number of aliphatic imine (C=N–C) groups is 1. The van der Waals surface area contributed by atoms with Crippen molar-refractivity contribution in [3.63, 3.8) is 0 Å². The maximum absolute atomic E-state index is 11.4. The molecule has 0 saturated heterocycles. The molecule has 0 aliphatic carbocycles. The van der Waals surface area contributed by atoms with Gasteiger partial charge in [0.15, 0.2) is 0 Å². The van der Waals surface area contributed by atoms with Crippen LogP contribution in [0, 0.1) is 0 Å². The maximum Gasteiger partial charge on any atom is 0.149 e. The number of nitrogens with zero attached hydrogens (tertiary/aromatic N) is 3. The van der Waals surface area contributed by atoms with Gasteiger partial charge in [0, 0.05) is 36.0 Å². The van der Waals surface area contributed by atoms with E-state index in [1.807, 2.05) is 71.7 Å². The van der Waals surface area contributed by atoms with Gasteiger partial charge in [0.25, 0.3) is 0 Å². The number of benzene rings is 2. The quantitative estimate of drug-likeness (QED) is 0.726. The highest BCUT2D eigenvalue weighted by Gasteiger charge is 2.20. The first kappa shape index (κ1) is 15.3. The van der Waals surface area contributed by atoms with Crippen molar-refractivity contribution in [2.24, 2.45) is 4.99 Å². The fourth-order valence-electron chi connectivity index (χ4n) is 3.00. The smallest absolute Gasteiger partial charge is 0.149 e. The number of amidine groups is 1. The number of imidazole rings is 1. The SMILES string of the molecule is O=CC1N=C(CCn2cnc(-c3ccccc3)c2)Nc2ccccc21. The number of rotatable bonds is 5. The number of hydrogen-bond donors (Lipinski definition) is 1. The number of anilines is 1. The minimum Gasteiger partial charge on any atom is -0.344 e. The van der Waals surface area contributed by atoms with E-state index in [2.05, 4.69) is 15.3 Å². The molecule has 25 heavy (non-hydrogen) atoms. The van der Waals surface area contributed by atoms with Gasteiger partial charge in [-0.05, 0) is 6.07 Å². The Balaban J connectivity index is 1.46. The molecule has 0 spiro atoms. The molecule has 0 bridgehead atoms. The molecule has 2 heterocycles. The van der Waals surface area contributed by atoms with Crippen molar-refractivity contribution in [2.75, 3.05) is 5.32 Å². The average Bonchev–Trinajstić information content (AvgIpc) is 3.15. The number of aryl methyl sites for hydroxylation is 1. The summed E-state index contributed by atoms with van der Waals surface area (Å²) >= 11 is 0. The first-order valence-electron chi connectivity index (χ1n) is 8.28. The lowest BCUT2D eigenvalue weighted by atomic mass is 10.0. The summed E-state index contributed by atoms with van der Waals surface area (Å²) < 4.78 is 2.04. The Morgan fingerprint density at radius 3 is 2.72 bits per heavy atom. The standard InChI is InChI=1S/C20H18N4O/c25-13-19-16-8-4-5-9-17(16)22-20(23-19)10-11-24-12-18(21-14-24)15-6-2-1-3-7-15/h1-9,12-14,19H,10-11H2,(H,22,23). The number of fused-ring (bicyclic) bond motifs is 1. The Labute approximate surface area is 146 Å². The molecule has 0 saturated carbocycles. The highest BCUT2D eigenvalue weighted by Crippen LogP contribution is 2.28. The van der Waals surface area contributed by atoms with Gasteiger partial charge in [-0.1, -0.05) is 48.5 Å². The normalized spacial score (nSPS) is 15.8. The number of para-hydroxylation sites is 1. The third kappa shape index (κ3) is 3.21. The predicted octanol–water partition coefficient (Wildman–Crippen LogP) is 3.70. The zero-order valence-electron chi connectivity index (χ0n) is 13.7. The van der Waals surface area contributed by atoms with Crippen LogP contribution in [-0.2, 0) is 11.3 Å². The summed E-state index contributed by atoms with van der Waals surface area (Å²) in [6, 6.07) is 17.5. The third-order valence-corrected chi connectivity index (χ3v) is 4.29. The molecule has 0 radical (unpaired) electrons. The fraction of sp³-hybridized carbons (Fsp3) is 0.150. The van der Waals surface area contributed by atoms with E-state index in [1.54, 1.807) is 0 Å². The highest BCUT2D eigenvalue weighted by atomic mass is 16.1. The monoisotopic (exact) mass is 330 g/mol. The Hall–Kier alpha value is -3.21. The molecule has 1 atom stereocenters. The van der Waals surface area contributed by atoms with Crippen molar-refractivity contribution in [1.82, 2.24) is 9.55 Å². The highest BCUT2D eigenvalue weighted by molar-refractivity contribution is 5.99. The molecular formula is C20H18N4O. The van der Waals surface area contributed by atoms with E-state index in [-0.39, 0.29) is 0 Å². The zero-order valence-corrected chi connectivity index (χ0v) is 13.7. The van der Waals surface area contributed by atoms with Crippen molar-refractivity contribution in [3.05, 3.63) is 72.7 Å². The van der Waals surface area contributed by atoms with Crippen LogP contribution in [0.1, 0.15) is 18.0 Å².